The van der Waals surface area contributed by atoms with Crippen LogP contribution in [0.5, 0.6) is 11.8 Å². The van der Waals surface area contributed by atoms with E-state index in [1.807, 2.05) is 32.8 Å². The number of rotatable bonds is 4. The van der Waals surface area contributed by atoms with E-state index in [2.05, 4.69) is 35.9 Å². The predicted molar refractivity (Wildman–Crippen MR) is 80.3 cm³/mol. The predicted octanol–water partition coefficient (Wildman–Crippen LogP) is 3.01. The fourth-order valence-corrected chi connectivity index (χ4v) is 1.63. The second kappa shape index (κ2) is 6.13. The third kappa shape index (κ3) is 3.63. The Morgan fingerprint density at radius 1 is 1.15 bits per heavy atom. The zero-order valence-electron chi connectivity index (χ0n) is 11.8. The molecule has 106 valence electrons. The van der Waals surface area contributed by atoms with Gasteiger partial charge in [-0.2, -0.15) is 15.0 Å². The molecule has 6 nitrogen and oxygen atoms in total. The number of anilines is 1. The smallest absolute Gasteiger partial charge is 0.327 e. The number of nitrogens with zero attached hydrogens (tertiary/aromatic N) is 5. The van der Waals surface area contributed by atoms with Crippen molar-refractivity contribution < 1.29 is 4.74 Å². The maximum absolute atomic E-state index is 5.64. The van der Waals surface area contributed by atoms with Crippen LogP contribution in [-0.2, 0) is 0 Å². The molecule has 0 aliphatic heterocycles. The van der Waals surface area contributed by atoms with E-state index in [4.69, 9.17) is 4.74 Å². The maximum atomic E-state index is 5.64. The molecule has 2 aromatic heterocycles. The van der Waals surface area contributed by atoms with Crippen LogP contribution >= 0.6 is 15.9 Å². The molecule has 0 spiro atoms. The van der Waals surface area contributed by atoms with Crippen LogP contribution < -0.4 is 9.64 Å². The number of pyridine rings is 1. The summed E-state index contributed by atoms with van der Waals surface area (Å²) in [5, 5.41) is 0. The highest BCUT2D eigenvalue weighted by Gasteiger charge is 2.12. The van der Waals surface area contributed by atoms with Crippen LogP contribution in [0.4, 0.5) is 5.95 Å². The van der Waals surface area contributed by atoms with Gasteiger partial charge >= 0.3 is 6.01 Å². The minimum absolute atomic E-state index is 0.196. The molecule has 0 N–H and O–H groups in total. The highest BCUT2D eigenvalue weighted by Crippen LogP contribution is 2.21. The Morgan fingerprint density at radius 2 is 1.90 bits per heavy atom. The molecule has 2 rings (SSSR count). The molecular weight excluding hydrogens is 322 g/mol. The zero-order chi connectivity index (χ0) is 14.7. The fourth-order valence-electron chi connectivity index (χ4n) is 1.39. The van der Waals surface area contributed by atoms with Gasteiger partial charge in [0.2, 0.25) is 5.95 Å². The molecule has 20 heavy (non-hydrogen) atoms. The second-order valence-electron chi connectivity index (χ2n) is 4.74. The molecule has 2 heterocycles. The molecule has 0 fully saturated rings. The van der Waals surface area contributed by atoms with Crippen LogP contribution in [0, 0.1) is 0 Å². The highest BCUT2D eigenvalue weighted by atomic mass is 79.9. The zero-order valence-corrected chi connectivity index (χ0v) is 13.4. The van der Waals surface area contributed by atoms with E-state index < -0.39 is 0 Å². The monoisotopic (exact) mass is 337 g/mol. The fraction of sp³-hybridized carbons (Fsp3) is 0.385. The van der Waals surface area contributed by atoms with E-state index in [1.165, 1.54) is 0 Å². The summed E-state index contributed by atoms with van der Waals surface area (Å²) < 4.78 is 6.39. The van der Waals surface area contributed by atoms with Crippen molar-refractivity contribution in [3.8, 4) is 11.8 Å². The van der Waals surface area contributed by atoms with Gasteiger partial charge in [0, 0.05) is 20.0 Å². The Morgan fingerprint density at radius 3 is 2.45 bits per heavy atom. The number of hydrogen-bond donors (Lipinski definition) is 0. The topological polar surface area (TPSA) is 64.0 Å². The quantitative estimate of drug-likeness (QED) is 0.799. The molecule has 0 radical (unpaired) electrons. The Labute approximate surface area is 126 Å². The van der Waals surface area contributed by atoms with Crippen LogP contribution in [0.3, 0.4) is 0 Å². The summed E-state index contributed by atoms with van der Waals surface area (Å²) in [7, 11) is 3.76. The van der Waals surface area contributed by atoms with Crippen molar-refractivity contribution in [2.45, 2.75) is 19.8 Å². The van der Waals surface area contributed by atoms with Gasteiger partial charge in [0.05, 0.1) is 6.20 Å². The van der Waals surface area contributed by atoms with Gasteiger partial charge in [0.15, 0.2) is 0 Å². The Bertz CT molecular complexity index is 560. The summed E-state index contributed by atoms with van der Waals surface area (Å²) in [4.78, 5) is 18.9. The lowest BCUT2D eigenvalue weighted by Gasteiger charge is -2.14. The molecule has 0 bridgehead atoms. The minimum Gasteiger partial charge on any atom is -0.423 e. The Balaban J connectivity index is 2.32. The van der Waals surface area contributed by atoms with E-state index in [1.54, 1.807) is 18.3 Å². The molecule has 0 aliphatic carbocycles. The van der Waals surface area contributed by atoms with Gasteiger partial charge in [-0.15, -0.1) is 0 Å². The number of hydrogen-bond acceptors (Lipinski definition) is 6. The molecule has 0 aliphatic rings. The molecule has 0 amide bonds. The van der Waals surface area contributed by atoms with Gasteiger partial charge in [-0.25, -0.2) is 4.98 Å². The SMILES string of the molecule is CC(C)c1nc(Oc2ccc(Br)nc2)nc(N(C)C)n1. The molecule has 0 saturated carbocycles. The van der Waals surface area contributed by atoms with Crippen molar-refractivity contribution in [3.63, 3.8) is 0 Å². The van der Waals surface area contributed by atoms with Crippen LogP contribution in [0.2, 0.25) is 0 Å². The summed E-state index contributed by atoms with van der Waals surface area (Å²) in [5.74, 6) is 2.05. The van der Waals surface area contributed by atoms with Crippen LogP contribution in [0.15, 0.2) is 22.9 Å². The van der Waals surface area contributed by atoms with Crippen LogP contribution in [0.1, 0.15) is 25.6 Å². The van der Waals surface area contributed by atoms with Crippen molar-refractivity contribution in [1.29, 1.82) is 0 Å². The van der Waals surface area contributed by atoms with E-state index in [9.17, 15) is 0 Å². The summed E-state index contributed by atoms with van der Waals surface area (Å²) >= 11 is 3.28. The largest absolute Gasteiger partial charge is 0.423 e. The lowest BCUT2D eigenvalue weighted by molar-refractivity contribution is 0.432. The molecule has 0 atom stereocenters. The standard InChI is InChI=1S/C13H16BrN5O/c1-8(2)11-16-12(19(3)4)18-13(17-11)20-9-5-6-10(14)15-7-9/h5-8H,1-4H3. The lowest BCUT2D eigenvalue weighted by atomic mass is 10.2. The first-order valence-electron chi connectivity index (χ1n) is 6.18. The average molecular weight is 338 g/mol. The van der Waals surface area contributed by atoms with Crippen LogP contribution in [0.25, 0.3) is 0 Å². The van der Waals surface area contributed by atoms with Crippen molar-refractivity contribution in [2.24, 2.45) is 0 Å². The summed E-state index contributed by atoms with van der Waals surface area (Å²) in [6.45, 7) is 4.06. The van der Waals surface area contributed by atoms with Crippen molar-refractivity contribution in [2.75, 3.05) is 19.0 Å². The van der Waals surface area contributed by atoms with Crippen molar-refractivity contribution in [3.05, 3.63) is 28.8 Å². The molecule has 0 aromatic carbocycles. The maximum Gasteiger partial charge on any atom is 0.327 e. The first-order valence-corrected chi connectivity index (χ1v) is 6.97. The first kappa shape index (κ1) is 14.6. The third-order valence-electron chi connectivity index (χ3n) is 2.45. The minimum atomic E-state index is 0.196. The summed E-state index contributed by atoms with van der Waals surface area (Å²) in [6.07, 6.45) is 1.61. The number of halogens is 1. The number of ether oxygens (including phenoxy) is 1. The first-order chi connectivity index (χ1) is 9.45. The average Bonchev–Trinajstić information content (AvgIpc) is 2.41. The van der Waals surface area contributed by atoms with E-state index >= 15 is 0 Å². The molecule has 0 saturated heterocycles. The molecule has 2 aromatic rings. The molecular formula is C13H16BrN5O. The molecule has 0 unspecified atom stereocenters. The summed E-state index contributed by atoms with van der Waals surface area (Å²) in [6, 6.07) is 3.87. The lowest BCUT2D eigenvalue weighted by Crippen LogP contribution is -2.15. The Kier molecular flexibility index (Phi) is 4.49. The second-order valence-corrected chi connectivity index (χ2v) is 5.56. The van der Waals surface area contributed by atoms with Gasteiger partial charge in [0.25, 0.3) is 0 Å². The highest BCUT2D eigenvalue weighted by molar-refractivity contribution is 9.10. The van der Waals surface area contributed by atoms with Gasteiger partial charge in [-0.1, -0.05) is 13.8 Å². The number of aromatic nitrogens is 4. The van der Waals surface area contributed by atoms with Crippen molar-refractivity contribution in [1.82, 2.24) is 19.9 Å². The van der Waals surface area contributed by atoms with Gasteiger partial charge < -0.3 is 9.64 Å². The third-order valence-corrected chi connectivity index (χ3v) is 2.92. The molecule has 7 heteroatoms. The van der Waals surface area contributed by atoms with Gasteiger partial charge in [-0.05, 0) is 28.1 Å². The van der Waals surface area contributed by atoms with E-state index in [-0.39, 0.29) is 11.9 Å². The normalized spacial score (nSPS) is 10.7. The van der Waals surface area contributed by atoms with Crippen LogP contribution in [-0.4, -0.2) is 34.0 Å². The Hall–Kier alpha value is -1.76. The summed E-state index contributed by atoms with van der Waals surface area (Å²) in [5.41, 5.74) is 0. The van der Waals surface area contributed by atoms with Gasteiger partial charge in [0.1, 0.15) is 16.2 Å². The van der Waals surface area contributed by atoms with Crippen molar-refractivity contribution >= 4 is 21.9 Å². The van der Waals surface area contributed by atoms with E-state index in [0.29, 0.717) is 17.5 Å². The van der Waals surface area contributed by atoms with Gasteiger partial charge in [-0.3, -0.25) is 0 Å². The van der Waals surface area contributed by atoms with E-state index in [0.717, 1.165) is 4.60 Å².